The molecule has 0 unspecified atom stereocenters. The largest absolute Gasteiger partial charge is 0.489 e. The maximum atomic E-state index is 12.5. The van der Waals surface area contributed by atoms with Gasteiger partial charge < -0.3 is 14.4 Å². The molecule has 0 bridgehead atoms. The van der Waals surface area contributed by atoms with Gasteiger partial charge in [0.2, 0.25) is 5.91 Å². The zero-order chi connectivity index (χ0) is 20.1. The lowest BCUT2D eigenvalue weighted by Crippen LogP contribution is -2.42. The second-order valence-corrected chi connectivity index (χ2v) is 7.53. The molecule has 0 spiro atoms. The Morgan fingerprint density at radius 1 is 1.03 bits per heavy atom. The summed E-state index contributed by atoms with van der Waals surface area (Å²) in [5, 5.41) is 9.18. The van der Waals surface area contributed by atoms with Gasteiger partial charge in [-0.15, -0.1) is 0 Å². The number of likely N-dealkylation sites (tertiary alicyclic amines) is 2. The minimum atomic E-state index is -0.260. The van der Waals surface area contributed by atoms with Gasteiger partial charge in [-0.3, -0.25) is 9.69 Å². The molecule has 2 aliphatic rings. The van der Waals surface area contributed by atoms with Crippen LogP contribution < -0.4 is 9.47 Å². The highest BCUT2D eigenvalue weighted by atomic mass is 16.5. The fraction of sp³-hybridized carbons (Fsp3) is 0.391. The third-order valence-electron chi connectivity index (χ3n) is 5.40. The first-order valence-corrected chi connectivity index (χ1v) is 10.1. The van der Waals surface area contributed by atoms with Crippen molar-refractivity contribution in [2.24, 2.45) is 0 Å². The van der Waals surface area contributed by atoms with Crippen LogP contribution in [0.4, 0.5) is 0 Å². The van der Waals surface area contributed by atoms with Gasteiger partial charge in [-0.2, -0.15) is 5.26 Å². The smallest absolute Gasteiger partial charge is 0.237 e. The summed E-state index contributed by atoms with van der Waals surface area (Å²) >= 11 is 0. The second kappa shape index (κ2) is 8.97. The fourth-order valence-corrected chi connectivity index (χ4v) is 3.95. The molecule has 29 heavy (non-hydrogen) atoms. The van der Waals surface area contributed by atoms with Crippen molar-refractivity contribution < 1.29 is 14.3 Å². The topological polar surface area (TPSA) is 65.8 Å². The lowest BCUT2D eigenvalue weighted by atomic mass is 10.2. The Bertz CT molecular complexity index is 880. The van der Waals surface area contributed by atoms with Gasteiger partial charge in [0.05, 0.1) is 12.6 Å². The van der Waals surface area contributed by atoms with Crippen LogP contribution in [0.2, 0.25) is 0 Å². The lowest BCUT2D eigenvalue weighted by Gasteiger charge is -2.23. The molecule has 2 aromatic rings. The van der Waals surface area contributed by atoms with Crippen LogP contribution in [0.5, 0.6) is 17.2 Å². The number of amides is 1. The summed E-state index contributed by atoms with van der Waals surface area (Å²) in [6.45, 7) is 2.58. The fourth-order valence-electron chi connectivity index (χ4n) is 3.95. The van der Waals surface area contributed by atoms with Crippen molar-refractivity contribution in [3.8, 4) is 23.3 Å². The lowest BCUT2D eigenvalue weighted by molar-refractivity contribution is -0.132. The van der Waals surface area contributed by atoms with Crippen molar-refractivity contribution in [3.05, 3.63) is 54.6 Å². The first-order chi connectivity index (χ1) is 14.2. The molecule has 0 N–H and O–H groups in total. The minimum absolute atomic E-state index is 0.0418. The van der Waals surface area contributed by atoms with Crippen molar-refractivity contribution in [2.45, 2.75) is 31.4 Å². The van der Waals surface area contributed by atoms with Crippen molar-refractivity contribution >= 4 is 5.91 Å². The van der Waals surface area contributed by atoms with E-state index in [1.54, 1.807) is 4.90 Å². The quantitative estimate of drug-likeness (QED) is 0.755. The number of rotatable bonds is 6. The van der Waals surface area contributed by atoms with Gasteiger partial charge in [-0.1, -0.05) is 24.3 Å². The van der Waals surface area contributed by atoms with E-state index >= 15 is 0 Å². The van der Waals surface area contributed by atoms with E-state index in [4.69, 9.17) is 9.47 Å². The summed E-state index contributed by atoms with van der Waals surface area (Å²) in [6, 6.07) is 19.3. The Balaban J connectivity index is 1.29. The Hall–Kier alpha value is -3.04. The molecule has 2 heterocycles. The molecule has 4 rings (SSSR count). The van der Waals surface area contributed by atoms with Crippen LogP contribution in [0.1, 0.15) is 19.3 Å². The standard InChI is InChI=1S/C23H25N3O3/c24-15-18-6-5-12-26(18)23(27)17-25-13-11-22(16-25)29-21-10-4-9-20(14-21)28-19-7-2-1-3-8-19/h1-4,7-10,14,18,22H,5-6,11-13,16-17H2/t18-,22-/m0/s1. The van der Waals surface area contributed by atoms with Gasteiger partial charge >= 0.3 is 0 Å². The van der Waals surface area contributed by atoms with Crippen LogP contribution >= 0.6 is 0 Å². The van der Waals surface area contributed by atoms with E-state index in [-0.39, 0.29) is 18.1 Å². The molecular formula is C23H25N3O3. The number of para-hydroxylation sites is 1. The second-order valence-electron chi connectivity index (χ2n) is 7.53. The first kappa shape index (κ1) is 19.3. The molecule has 2 aliphatic heterocycles. The Morgan fingerprint density at radius 2 is 1.83 bits per heavy atom. The van der Waals surface area contributed by atoms with E-state index in [0.717, 1.165) is 43.1 Å². The zero-order valence-electron chi connectivity index (χ0n) is 16.4. The number of carbonyl (C=O) groups is 1. The monoisotopic (exact) mass is 391 g/mol. The highest BCUT2D eigenvalue weighted by Crippen LogP contribution is 2.27. The summed E-state index contributed by atoms with van der Waals surface area (Å²) in [7, 11) is 0. The number of ether oxygens (including phenoxy) is 2. The maximum Gasteiger partial charge on any atom is 0.237 e. The SMILES string of the molecule is N#C[C@@H]1CCCN1C(=O)CN1CC[C@H](Oc2cccc(Oc3ccccc3)c2)C1. The van der Waals surface area contributed by atoms with Gasteiger partial charge in [0.25, 0.3) is 0 Å². The van der Waals surface area contributed by atoms with Crippen LogP contribution in [0.25, 0.3) is 0 Å². The predicted octanol–water partition coefficient (Wildman–Crippen LogP) is 3.45. The zero-order valence-corrected chi connectivity index (χ0v) is 16.4. The van der Waals surface area contributed by atoms with E-state index in [1.165, 1.54) is 0 Å². The number of hydrogen-bond donors (Lipinski definition) is 0. The van der Waals surface area contributed by atoms with Crippen molar-refractivity contribution in [1.82, 2.24) is 9.80 Å². The number of nitriles is 1. The van der Waals surface area contributed by atoms with Crippen molar-refractivity contribution in [2.75, 3.05) is 26.2 Å². The normalized spacial score (nSPS) is 21.7. The van der Waals surface area contributed by atoms with E-state index in [0.29, 0.717) is 19.6 Å². The highest BCUT2D eigenvalue weighted by Gasteiger charge is 2.32. The molecule has 0 aliphatic carbocycles. The molecule has 0 radical (unpaired) electrons. The van der Waals surface area contributed by atoms with Gasteiger partial charge in [-0.05, 0) is 43.5 Å². The van der Waals surface area contributed by atoms with Gasteiger partial charge in [0.1, 0.15) is 29.4 Å². The molecule has 6 nitrogen and oxygen atoms in total. The van der Waals surface area contributed by atoms with Crippen LogP contribution in [-0.2, 0) is 4.79 Å². The average molecular weight is 391 g/mol. The molecule has 150 valence electrons. The number of nitrogens with zero attached hydrogens (tertiary/aromatic N) is 3. The molecule has 2 atom stereocenters. The molecule has 2 fully saturated rings. The molecular weight excluding hydrogens is 366 g/mol. The molecule has 2 saturated heterocycles. The molecule has 0 aromatic heterocycles. The summed E-state index contributed by atoms with van der Waals surface area (Å²) < 4.78 is 12.0. The first-order valence-electron chi connectivity index (χ1n) is 10.1. The number of benzene rings is 2. The molecule has 0 saturated carbocycles. The van der Waals surface area contributed by atoms with Crippen LogP contribution in [0.15, 0.2) is 54.6 Å². The third kappa shape index (κ3) is 4.87. The molecule has 2 aromatic carbocycles. The number of carbonyl (C=O) groups excluding carboxylic acids is 1. The van der Waals surface area contributed by atoms with Gasteiger partial charge in [-0.25, -0.2) is 0 Å². The Labute approximate surface area is 171 Å². The summed E-state index contributed by atoms with van der Waals surface area (Å²) in [4.78, 5) is 16.4. The van der Waals surface area contributed by atoms with E-state index in [1.807, 2.05) is 54.6 Å². The van der Waals surface area contributed by atoms with Gasteiger partial charge in [0.15, 0.2) is 0 Å². The number of hydrogen-bond acceptors (Lipinski definition) is 5. The summed E-state index contributed by atoms with van der Waals surface area (Å²) in [5.41, 5.74) is 0. The third-order valence-corrected chi connectivity index (χ3v) is 5.40. The van der Waals surface area contributed by atoms with Crippen LogP contribution in [-0.4, -0.2) is 54.0 Å². The van der Waals surface area contributed by atoms with E-state index in [9.17, 15) is 10.1 Å². The van der Waals surface area contributed by atoms with Crippen molar-refractivity contribution in [3.63, 3.8) is 0 Å². The minimum Gasteiger partial charge on any atom is -0.489 e. The van der Waals surface area contributed by atoms with Crippen molar-refractivity contribution in [1.29, 1.82) is 5.26 Å². The Morgan fingerprint density at radius 3 is 2.66 bits per heavy atom. The summed E-state index contributed by atoms with van der Waals surface area (Å²) in [5.74, 6) is 2.33. The van der Waals surface area contributed by atoms with E-state index < -0.39 is 0 Å². The van der Waals surface area contributed by atoms with Gasteiger partial charge in [0, 0.05) is 25.7 Å². The average Bonchev–Trinajstić information content (AvgIpc) is 3.38. The predicted molar refractivity (Wildman–Crippen MR) is 109 cm³/mol. The Kier molecular flexibility index (Phi) is 5.97. The van der Waals surface area contributed by atoms with Crippen LogP contribution in [0, 0.1) is 11.3 Å². The molecule has 6 heteroatoms. The highest BCUT2D eigenvalue weighted by molar-refractivity contribution is 5.79. The van der Waals surface area contributed by atoms with E-state index in [2.05, 4.69) is 11.0 Å². The maximum absolute atomic E-state index is 12.5. The van der Waals surface area contributed by atoms with Crippen LogP contribution in [0.3, 0.4) is 0 Å². The molecule has 1 amide bonds. The summed E-state index contributed by atoms with van der Waals surface area (Å²) in [6.07, 6.45) is 2.62.